The molecule has 0 amide bonds. The van der Waals surface area contributed by atoms with Crippen LogP contribution in [0.1, 0.15) is 31.3 Å². The van der Waals surface area contributed by atoms with Gasteiger partial charge < -0.3 is 10.6 Å². The molecule has 1 aliphatic heterocycles. The van der Waals surface area contributed by atoms with Crippen LogP contribution in [0.4, 0.5) is 0 Å². The minimum atomic E-state index is 0. The van der Waals surface area contributed by atoms with Gasteiger partial charge in [-0.05, 0) is 38.5 Å². The quantitative estimate of drug-likeness (QED) is 0.434. The van der Waals surface area contributed by atoms with E-state index in [-0.39, 0.29) is 24.0 Å². The second kappa shape index (κ2) is 10.2. The molecule has 1 atom stereocenters. The highest BCUT2D eigenvalue weighted by atomic mass is 127. The van der Waals surface area contributed by atoms with Gasteiger partial charge in [0.2, 0.25) is 0 Å². The lowest BCUT2D eigenvalue weighted by Crippen LogP contribution is -2.40. The minimum absolute atomic E-state index is 0. The second-order valence-corrected chi connectivity index (χ2v) is 6.21. The number of thioether (sulfide) groups is 1. The highest BCUT2D eigenvalue weighted by Crippen LogP contribution is 2.25. The van der Waals surface area contributed by atoms with Crippen LogP contribution in [-0.2, 0) is 6.54 Å². The van der Waals surface area contributed by atoms with Gasteiger partial charge in [-0.3, -0.25) is 0 Å². The summed E-state index contributed by atoms with van der Waals surface area (Å²) in [6.07, 6.45) is 4.43. The Balaban J connectivity index is 0.00000220. The number of guanidine groups is 1. The Bertz CT molecular complexity index is 449. The van der Waals surface area contributed by atoms with E-state index in [1.807, 2.05) is 13.0 Å². The summed E-state index contributed by atoms with van der Waals surface area (Å²) in [6, 6.07) is 1.91. The summed E-state index contributed by atoms with van der Waals surface area (Å²) in [7, 11) is 0. The number of hydrogen-bond donors (Lipinski definition) is 2. The second-order valence-electron chi connectivity index (χ2n) is 4.81. The molecule has 1 unspecified atom stereocenters. The molecule has 7 heteroatoms. The third kappa shape index (κ3) is 6.82. The number of aliphatic imine (C=N–C) groups is 1. The highest BCUT2D eigenvalue weighted by molar-refractivity contribution is 14.0. The highest BCUT2D eigenvalue weighted by Gasteiger charge is 2.15. The molecule has 0 aliphatic carbocycles. The van der Waals surface area contributed by atoms with Crippen LogP contribution >= 0.6 is 35.7 Å². The summed E-state index contributed by atoms with van der Waals surface area (Å²) in [6.45, 7) is 6.41. The molecule has 2 rings (SSSR count). The van der Waals surface area contributed by atoms with Gasteiger partial charge >= 0.3 is 0 Å². The van der Waals surface area contributed by atoms with Crippen molar-refractivity contribution < 1.29 is 0 Å². The average molecular weight is 421 g/mol. The Labute approximate surface area is 148 Å². The molecule has 0 radical (unpaired) electrons. The molecule has 0 bridgehead atoms. The van der Waals surface area contributed by atoms with Crippen LogP contribution < -0.4 is 10.6 Å². The predicted molar refractivity (Wildman–Crippen MR) is 100 cm³/mol. The molecule has 1 aliphatic rings. The summed E-state index contributed by atoms with van der Waals surface area (Å²) >= 11 is 2.05. The lowest BCUT2D eigenvalue weighted by Gasteiger charge is -2.14. The van der Waals surface area contributed by atoms with Gasteiger partial charge in [-0.25, -0.2) is 15.0 Å². The van der Waals surface area contributed by atoms with E-state index in [4.69, 9.17) is 0 Å². The van der Waals surface area contributed by atoms with Gasteiger partial charge in [-0.1, -0.05) is 0 Å². The zero-order valence-electron chi connectivity index (χ0n) is 12.6. The first kappa shape index (κ1) is 18.5. The molecule has 1 aromatic rings. The van der Waals surface area contributed by atoms with Crippen molar-refractivity contribution in [1.82, 2.24) is 20.6 Å². The molecule has 1 saturated heterocycles. The van der Waals surface area contributed by atoms with Crippen molar-refractivity contribution >= 4 is 41.7 Å². The number of nitrogens with zero attached hydrogens (tertiary/aromatic N) is 3. The maximum Gasteiger partial charge on any atom is 0.191 e. The van der Waals surface area contributed by atoms with Gasteiger partial charge in [0.15, 0.2) is 5.96 Å². The van der Waals surface area contributed by atoms with E-state index in [1.165, 1.54) is 18.6 Å². The summed E-state index contributed by atoms with van der Waals surface area (Å²) in [5, 5.41) is 7.42. The fraction of sp³-hybridized carbons (Fsp3) is 0.643. The smallest absolute Gasteiger partial charge is 0.191 e. The fourth-order valence-corrected chi connectivity index (χ4v) is 3.31. The van der Waals surface area contributed by atoms with Crippen LogP contribution in [0.2, 0.25) is 0 Å². The number of rotatable bonds is 5. The Hall–Kier alpha value is -0.570. The zero-order valence-corrected chi connectivity index (χ0v) is 15.8. The van der Waals surface area contributed by atoms with E-state index >= 15 is 0 Å². The standard InChI is InChI=1S/C14H23N5S.HI/c1-3-15-14(18-10-13-5-4-8-20-13)17-9-12-6-7-16-11(2)19-12;/h6-7,13H,3-5,8-10H2,1-2H3,(H2,15,17,18);1H. The number of hydrogen-bond acceptors (Lipinski definition) is 4. The number of nitrogens with one attached hydrogen (secondary N) is 2. The van der Waals surface area contributed by atoms with Crippen LogP contribution in [0, 0.1) is 6.92 Å². The topological polar surface area (TPSA) is 62.2 Å². The third-order valence-electron chi connectivity index (χ3n) is 3.10. The molecule has 0 aromatic carbocycles. The van der Waals surface area contributed by atoms with Crippen LogP contribution in [0.15, 0.2) is 17.3 Å². The first-order valence-corrected chi connectivity index (χ1v) is 8.25. The van der Waals surface area contributed by atoms with E-state index in [9.17, 15) is 0 Å². The zero-order chi connectivity index (χ0) is 14.2. The molecular weight excluding hydrogens is 397 g/mol. The van der Waals surface area contributed by atoms with Crippen molar-refractivity contribution in [2.75, 3.05) is 18.8 Å². The summed E-state index contributed by atoms with van der Waals surface area (Å²) in [4.78, 5) is 13.0. The largest absolute Gasteiger partial charge is 0.357 e. The average Bonchev–Trinajstić information content (AvgIpc) is 2.95. The van der Waals surface area contributed by atoms with Gasteiger partial charge in [0, 0.05) is 24.5 Å². The first-order valence-electron chi connectivity index (χ1n) is 7.20. The molecule has 5 nitrogen and oxygen atoms in total. The molecule has 0 spiro atoms. The monoisotopic (exact) mass is 421 g/mol. The van der Waals surface area contributed by atoms with Gasteiger partial charge in [-0.15, -0.1) is 24.0 Å². The molecule has 1 aromatic heterocycles. The molecule has 21 heavy (non-hydrogen) atoms. The molecule has 0 saturated carbocycles. The summed E-state index contributed by atoms with van der Waals surface area (Å²) in [5.41, 5.74) is 0.949. The van der Waals surface area contributed by atoms with E-state index < -0.39 is 0 Å². The van der Waals surface area contributed by atoms with Gasteiger partial charge in [0.25, 0.3) is 0 Å². The van der Waals surface area contributed by atoms with Gasteiger partial charge in [0.05, 0.1) is 12.2 Å². The van der Waals surface area contributed by atoms with Crippen molar-refractivity contribution in [3.63, 3.8) is 0 Å². The fourth-order valence-electron chi connectivity index (χ4n) is 2.11. The number of aromatic nitrogens is 2. The Morgan fingerprint density at radius 2 is 2.33 bits per heavy atom. The van der Waals surface area contributed by atoms with Gasteiger partial charge in [0.1, 0.15) is 5.82 Å². The van der Waals surface area contributed by atoms with Crippen molar-refractivity contribution in [1.29, 1.82) is 0 Å². The summed E-state index contributed by atoms with van der Waals surface area (Å²) in [5.74, 6) is 2.95. The van der Waals surface area contributed by atoms with Crippen molar-refractivity contribution in [3.8, 4) is 0 Å². The molecule has 2 heterocycles. The molecule has 118 valence electrons. The van der Waals surface area contributed by atoms with Crippen molar-refractivity contribution in [2.45, 2.75) is 38.5 Å². The number of aryl methyl sites for hydroxylation is 1. The lowest BCUT2D eigenvalue weighted by molar-refractivity contribution is 0.726. The van der Waals surface area contributed by atoms with E-state index in [2.05, 4.69) is 44.3 Å². The minimum Gasteiger partial charge on any atom is -0.357 e. The predicted octanol–water partition coefficient (Wildman–Crippen LogP) is 2.35. The van der Waals surface area contributed by atoms with Crippen LogP contribution in [0.5, 0.6) is 0 Å². The van der Waals surface area contributed by atoms with Crippen molar-refractivity contribution in [2.24, 2.45) is 4.99 Å². The van der Waals surface area contributed by atoms with Crippen molar-refractivity contribution in [3.05, 3.63) is 23.8 Å². The first-order chi connectivity index (χ1) is 9.78. The molecular formula is C14H24IN5S. The lowest BCUT2D eigenvalue weighted by atomic mass is 10.2. The maximum atomic E-state index is 4.58. The van der Waals surface area contributed by atoms with Crippen LogP contribution in [-0.4, -0.2) is 40.0 Å². The van der Waals surface area contributed by atoms with E-state index in [0.717, 1.165) is 35.8 Å². The number of halogens is 1. The Morgan fingerprint density at radius 3 is 3.00 bits per heavy atom. The Kier molecular flexibility index (Phi) is 8.98. The van der Waals surface area contributed by atoms with Crippen LogP contribution in [0.25, 0.3) is 0 Å². The molecule has 2 N–H and O–H groups in total. The normalized spacial score (nSPS) is 18.2. The Morgan fingerprint density at radius 1 is 1.48 bits per heavy atom. The molecule has 1 fully saturated rings. The SMILES string of the molecule is CCNC(=NCc1ccnc(C)n1)NCC1CCCS1.I. The van der Waals surface area contributed by atoms with E-state index in [0.29, 0.717) is 6.54 Å². The van der Waals surface area contributed by atoms with E-state index in [1.54, 1.807) is 6.20 Å². The maximum absolute atomic E-state index is 4.58. The summed E-state index contributed by atoms with van der Waals surface area (Å²) < 4.78 is 0. The third-order valence-corrected chi connectivity index (χ3v) is 4.50. The van der Waals surface area contributed by atoms with Crippen LogP contribution in [0.3, 0.4) is 0 Å². The van der Waals surface area contributed by atoms with Gasteiger partial charge in [-0.2, -0.15) is 11.8 Å².